The zero-order valence-electron chi connectivity index (χ0n) is 13.4. The first-order valence-electron chi connectivity index (χ1n) is 8.95. The van der Waals surface area contributed by atoms with Crippen molar-refractivity contribution in [3.05, 3.63) is 0 Å². The molecule has 3 aliphatic heterocycles. The van der Waals surface area contributed by atoms with Crippen molar-refractivity contribution >= 4 is 0 Å². The third-order valence-corrected chi connectivity index (χ3v) is 6.25. The van der Waals surface area contributed by atoms with E-state index in [4.69, 9.17) is 0 Å². The van der Waals surface area contributed by atoms with Gasteiger partial charge in [-0.3, -0.25) is 0 Å². The average Bonchev–Trinajstić information content (AvgIpc) is 2.52. The summed E-state index contributed by atoms with van der Waals surface area (Å²) < 4.78 is 0. The van der Waals surface area contributed by atoms with Crippen LogP contribution in [0.4, 0.5) is 0 Å². The van der Waals surface area contributed by atoms with Gasteiger partial charge in [-0.05, 0) is 95.7 Å². The van der Waals surface area contributed by atoms with Gasteiger partial charge in [-0.1, -0.05) is 6.92 Å². The molecule has 3 fully saturated rings. The minimum atomic E-state index is 0.716. The van der Waals surface area contributed by atoms with Crippen molar-refractivity contribution in [3.63, 3.8) is 0 Å². The second kappa shape index (κ2) is 6.76. The predicted octanol–water partition coefficient (Wildman–Crippen LogP) is 2.18. The lowest BCUT2D eigenvalue weighted by atomic mass is 9.71. The molecule has 0 aromatic carbocycles. The highest BCUT2D eigenvalue weighted by molar-refractivity contribution is 4.90. The summed E-state index contributed by atoms with van der Waals surface area (Å²) in [4.78, 5) is 5.39. The fraction of sp³-hybridized carbons (Fsp3) is 1.00. The number of hydrogen-bond acceptors (Lipinski definition) is 3. The minimum absolute atomic E-state index is 0.716. The average molecular weight is 279 g/mol. The van der Waals surface area contributed by atoms with Crippen molar-refractivity contribution < 1.29 is 0 Å². The quantitative estimate of drug-likeness (QED) is 0.854. The molecule has 0 aliphatic carbocycles. The molecule has 3 heterocycles. The maximum Gasteiger partial charge on any atom is 0.00106 e. The molecule has 0 aromatic heterocycles. The largest absolute Gasteiger partial charge is 0.317 e. The fourth-order valence-corrected chi connectivity index (χ4v) is 4.52. The number of hydrogen-bond donors (Lipinski definition) is 1. The van der Waals surface area contributed by atoms with E-state index in [0.717, 1.165) is 5.92 Å². The second-order valence-electron chi connectivity index (χ2n) is 7.43. The number of nitrogens with zero attached hydrogens (tertiary/aromatic N) is 2. The smallest absolute Gasteiger partial charge is 0.00106 e. The van der Waals surface area contributed by atoms with Crippen LogP contribution in [0.3, 0.4) is 0 Å². The molecule has 0 unspecified atom stereocenters. The topological polar surface area (TPSA) is 18.5 Å². The first-order chi connectivity index (χ1) is 9.80. The summed E-state index contributed by atoms with van der Waals surface area (Å²) in [6, 6.07) is 0. The molecule has 1 spiro atoms. The summed E-state index contributed by atoms with van der Waals surface area (Å²) in [5.74, 6) is 0.972. The zero-order chi connectivity index (χ0) is 13.8. The van der Waals surface area contributed by atoms with E-state index in [0.29, 0.717) is 5.41 Å². The Balaban J connectivity index is 1.40. The Morgan fingerprint density at radius 3 is 2.15 bits per heavy atom. The van der Waals surface area contributed by atoms with Gasteiger partial charge in [0.25, 0.3) is 0 Å². The zero-order valence-corrected chi connectivity index (χ0v) is 13.4. The maximum atomic E-state index is 3.52. The van der Waals surface area contributed by atoms with Crippen LogP contribution in [0.2, 0.25) is 0 Å². The molecule has 0 aromatic rings. The number of rotatable bonds is 3. The van der Waals surface area contributed by atoms with Gasteiger partial charge in [0.15, 0.2) is 0 Å². The molecule has 0 bridgehead atoms. The first kappa shape index (κ1) is 14.8. The molecule has 1 N–H and O–H groups in total. The molecule has 0 atom stereocenters. The van der Waals surface area contributed by atoms with E-state index in [2.05, 4.69) is 22.0 Å². The van der Waals surface area contributed by atoms with E-state index in [1.165, 1.54) is 90.9 Å². The van der Waals surface area contributed by atoms with Crippen molar-refractivity contribution in [3.8, 4) is 0 Å². The van der Waals surface area contributed by atoms with E-state index in [9.17, 15) is 0 Å². The summed E-state index contributed by atoms with van der Waals surface area (Å²) in [6.45, 7) is 12.9. The van der Waals surface area contributed by atoms with Gasteiger partial charge >= 0.3 is 0 Å². The van der Waals surface area contributed by atoms with Crippen LogP contribution in [0.25, 0.3) is 0 Å². The molecule has 3 aliphatic rings. The molecular formula is C17H33N3. The highest BCUT2D eigenvalue weighted by atomic mass is 15.2. The van der Waals surface area contributed by atoms with Crippen LogP contribution in [0.5, 0.6) is 0 Å². The van der Waals surface area contributed by atoms with Crippen LogP contribution in [0.1, 0.15) is 45.4 Å². The molecule has 116 valence electrons. The van der Waals surface area contributed by atoms with Gasteiger partial charge in [-0.15, -0.1) is 0 Å². The lowest BCUT2D eigenvalue weighted by Gasteiger charge is -2.45. The molecular weight excluding hydrogens is 246 g/mol. The second-order valence-corrected chi connectivity index (χ2v) is 7.43. The number of nitrogens with one attached hydrogen (secondary N) is 1. The molecule has 0 saturated carbocycles. The molecule has 3 saturated heterocycles. The Labute approximate surface area is 125 Å². The molecule has 3 heteroatoms. The van der Waals surface area contributed by atoms with Gasteiger partial charge in [0.05, 0.1) is 0 Å². The Bertz CT molecular complexity index is 281. The van der Waals surface area contributed by atoms with E-state index in [1.54, 1.807) is 0 Å². The molecule has 0 radical (unpaired) electrons. The highest BCUT2D eigenvalue weighted by Crippen LogP contribution is 2.39. The van der Waals surface area contributed by atoms with Crippen molar-refractivity contribution in [2.75, 3.05) is 52.4 Å². The molecule has 3 rings (SSSR count). The Kier molecular flexibility index (Phi) is 5.00. The lowest BCUT2D eigenvalue weighted by Crippen LogP contribution is -2.47. The van der Waals surface area contributed by atoms with Crippen molar-refractivity contribution in [2.24, 2.45) is 11.3 Å². The van der Waals surface area contributed by atoms with Crippen LogP contribution < -0.4 is 5.32 Å². The Morgan fingerprint density at radius 2 is 1.55 bits per heavy atom. The van der Waals surface area contributed by atoms with Crippen molar-refractivity contribution in [1.82, 2.24) is 15.1 Å². The van der Waals surface area contributed by atoms with E-state index < -0.39 is 0 Å². The number of piperidine rings is 3. The van der Waals surface area contributed by atoms with Gasteiger partial charge in [-0.2, -0.15) is 0 Å². The SMILES string of the molecule is CCN1CCC(CN2CCC3(CCNCC3)CC2)CC1. The normalized spacial score (nSPS) is 29.9. The summed E-state index contributed by atoms with van der Waals surface area (Å²) in [6.07, 6.45) is 8.63. The van der Waals surface area contributed by atoms with E-state index in [-0.39, 0.29) is 0 Å². The van der Waals surface area contributed by atoms with Gasteiger partial charge < -0.3 is 15.1 Å². The van der Waals surface area contributed by atoms with Crippen molar-refractivity contribution in [1.29, 1.82) is 0 Å². The fourth-order valence-electron chi connectivity index (χ4n) is 4.52. The summed E-state index contributed by atoms with van der Waals surface area (Å²) in [7, 11) is 0. The van der Waals surface area contributed by atoms with Gasteiger partial charge in [-0.25, -0.2) is 0 Å². The highest BCUT2D eigenvalue weighted by Gasteiger charge is 2.35. The van der Waals surface area contributed by atoms with Crippen LogP contribution >= 0.6 is 0 Å². The lowest BCUT2D eigenvalue weighted by molar-refractivity contribution is 0.0562. The third kappa shape index (κ3) is 3.55. The number of likely N-dealkylation sites (tertiary alicyclic amines) is 2. The van der Waals surface area contributed by atoms with E-state index >= 15 is 0 Å². The third-order valence-electron chi connectivity index (χ3n) is 6.25. The minimum Gasteiger partial charge on any atom is -0.317 e. The predicted molar refractivity (Wildman–Crippen MR) is 85.0 cm³/mol. The Morgan fingerprint density at radius 1 is 0.900 bits per heavy atom. The first-order valence-corrected chi connectivity index (χ1v) is 8.95. The van der Waals surface area contributed by atoms with Crippen LogP contribution in [0.15, 0.2) is 0 Å². The summed E-state index contributed by atoms with van der Waals surface area (Å²) in [5.41, 5.74) is 0.716. The molecule has 3 nitrogen and oxygen atoms in total. The standard InChI is InChI=1S/C17H33N3/c1-2-19-11-3-16(4-12-19)15-20-13-7-17(8-14-20)5-9-18-10-6-17/h16,18H,2-15H2,1H3. The van der Waals surface area contributed by atoms with Gasteiger partial charge in [0, 0.05) is 6.54 Å². The molecule has 20 heavy (non-hydrogen) atoms. The summed E-state index contributed by atoms with van der Waals surface area (Å²) in [5, 5.41) is 3.52. The van der Waals surface area contributed by atoms with Crippen LogP contribution in [0, 0.1) is 11.3 Å². The van der Waals surface area contributed by atoms with Crippen LogP contribution in [-0.4, -0.2) is 62.2 Å². The van der Waals surface area contributed by atoms with E-state index in [1.807, 2.05) is 0 Å². The van der Waals surface area contributed by atoms with Crippen molar-refractivity contribution in [2.45, 2.75) is 45.4 Å². The maximum absolute atomic E-state index is 3.52. The monoisotopic (exact) mass is 279 g/mol. The van der Waals surface area contributed by atoms with Gasteiger partial charge in [0.2, 0.25) is 0 Å². The Hall–Kier alpha value is -0.120. The van der Waals surface area contributed by atoms with Gasteiger partial charge in [0.1, 0.15) is 0 Å². The summed E-state index contributed by atoms with van der Waals surface area (Å²) >= 11 is 0. The van der Waals surface area contributed by atoms with Crippen LogP contribution in [-0.2, 0) is 0 Å². The molecule has 0 amide bonds.